The molecule has 0 unspecified atom stereocenters. The van der Waals surface area contributed by atoms with E-state index >= 15 is 0 Å². The largest absolute Gasteiger partial charge is 0.481 e. The smallest absolute Gasteiger partial charge is 0.303 e. The van der Waals surface area contributed by atoms with Crippen molar-refractivity contribution in [3.05, 3.63) is 6.42 Å². The van der Waals surface area contributed by atoms with Crippen molar-refractivity contribution in [2.45, 2.75) is 142 Å². The van der Waals surface area contributed by atoms with E-state index in [2.05, 4.69) is 20.3 Å². The van der Waals surface area contributed by atoms with E-state index in [9.17, 15) is 4.79 Å². The first-order chi connectivity index (χ1) is 13.2. The van der Waals surface area contributed by atoms with E-state index in [1.165, 1.54) is 116 Å². The van der Waals surface area contributed by atoms with E-state index in [4.69, 9.17) is 5.11 Å². The first kappa shape index (κ1) is 26.5. The van der Waals surface area contributed by atoms with Crippen molar-refractivity contribution in [2.75, 3.05) is 0 Å². The zero-order chi connectivity index (χ0) is 20.0. The van der Waals surface area contributed by atoms with E-state index in [-0.39, 0.29) is 0 Å². The predicted molar refractivity (Wildman–Crippen MR) is 119 cm³/mol. The summed E-state index contributed by atoms with van der Waals surface area (Å²) in [5.41, 5.74) is 0. The molecule has 0 heterocycles. The molecule has 0 aromatic heterocycles. The van der Waals surface area contributed by atoms with Gasteiger partial charge in [0.15, 0.2) is 0 Å². The molecule has 2 heteroatoms. The molecule has 0 rings (SSSR count). The standard InChI is InChI=1S/C25H49O2/c1-3-5-7-8-9-10-11-12-13-14-15-16-17-18-19-21-24(20-6-4-2)22-23-25(26)27/h21,24H,3-20,22-23H2,1-2H3,(H,26,27)/t24-/m1/s1. The van der Waals surface area contributed by atoms with Crippen molar-refractivity contribution in [1.82, 2.24) is 0 Å². The molecule has 0 saturated heterocycles. The number of carbonyl (C=O) groups is 1. The Balaban J connectivity index is 3.35. The number of rotatable bonds is 22. The van der Waals surface area contributed by atoms with E-state index in [0.717, 1.165) is 6.42 Å². The van der Waals surface area contributed by atoms with Crippen molar-refractivity contribution in [3.8, 4) is 0 Å². The molecule has 2 nitrogen and oxygen atoms in total. The highest BCUT2D eigenvalue weighted by Crippen LogP contribution is 2.21. The molecule has 1 N–H and O–H groups in total. The molecule has 0 saturated carbocycles. The van der Waals surface area contributed by atoms with E-state index in [1.807, 2.05) is 0 Å². The topological polar surface area (TPSA) is 37.3 Å². The van der Waals surface area contributed by atoms with Crippen molar-refractivity contribution in [1.29, 1.82) is 0 Å². The number of carboxylic acids is 1. The van der Waals surface area contributed by atoms with Crippen LogP contribution in [0.3, 0.4) is 0 Å². The van der Waals surface area contributed by atoms with Crippen LogP contribution in [0.2, 0.25) is 0 Å². The minimum absolute atomic E-state index is 0.323. The Morgan fingerprint density at radius 1 is 0.667 bits per heavy atom. The zero-order valence-corrected chi connectivity index (χ0v) is 18.7. The molecule has 0 amide bonds. The third-order valence-corrected chi connectivity index (χ3v) is 5.72. The van der Waals surface area contributed by atoms with E-state index < -0.39 is 5.97 Å². The lowest BCUT2D eigenvalue weighted by Gasteiger charge is -2.15. The quantitative estimate of drug-likeness (QED) is 0.190. The van der Waals surface area contributed by atoms with Gasteiger partial charge < -0.3 is 5.11 Å². The Bertz CT molecular complexity index is 301. The lowest BCUT2D eigenvalue weighted by Crippen LogP contribution is -2.05. The Hall–Kier alpha value is -0.530. The van der Waals surface area contributed by atoms with Gasteiger partial charge >= 0.3 is 5.97 Å². The first-order valence-corrected chi connectivity index (χ1v) is 12.3. The Kier molecular flexibility index (Phi) is 21.3. The molecule has 161 valence electrons. The van der Waals surface area contributed by atoms with Crippen LogP contribution in [0.1, 0.15) is 142 Å². The van der Waals surface area contributed by atoms with Crippen LogP contribution in [0.15, 0.2) is 0 Å². The summed E-state index contributed by atoms with van der Waals surface area (Å²) >= 11 is 0. The number of hydrogen-bond acceptors (Lipinski definition) is 1. The number of hydrogen-bond donors (Lipinski definition) is 1. The van der Waals surface area contributed by atoms with Crippen LogP contribution in [0, 0.1) is 12.3 Å². The molecule has 0 aromatic rings. The Morgan fingerprint density at radius 2 is 1.11 bits per heavy atom. The minimum atomic E-state index is -0.651. The van der Waals surface area contributed by atoms with Crippen LogP contribution in [0.5, 0.6) is 0 Å². The summed E-state index contributed by atoms with van der Waals surface area (Å²) in [6.07, 6.45) is 28.0. The van der Waals surface area contributed by atoms with E-state index in [1.54, 1.807) is 0 Å². The second-order valence-corrected chi connectivity index (χ2v) is 8.46. The lowest BCUT2D eigenvalue weighted by atomic mass is 9.91. The normalized spacial score (nSPS) is 12.4. The second-order valence-electron chi connectivity index (χ2n) is 8.46. The monoisotopic (exact) mass is 381 g/mol. The zero-order valence-electron chi connectivity index (χ0n) is 18.7. The molecular weight excluding hydrogens is 332 g/mol. The highest BCUT2D eigenvalue weighted by molar-refractivity contribution is 5.66. The molecule has 0 aliphatic carbocycles. The van der Waals surface area contributed by atoms with Gasteiger partial charge in [0.25, 0.3) is 0 Å². The summed E-state index contributed by atoms with van der Waals surface area (Å²) in [6, 6.07) is 0. The van der Waals surface area contributed by atoms with Crippen molar-refractivity contribution < 1.29 is 9.90 Å². The second kappa shape index (κ2) is 21.8. The SMILES string of the molecule is CCCCCCCCCCCCCCCC[CH][C@@H](CCCC)CCC(=O)O. The highest BCUT2D eigenvalue weighted by Gasteiger charge is 2.10. The van der Waals surface area contributed by atoms with Gasteiger partial charge in [-0.1, -0.05) is 123 Å². The maximum Gasteiger partial charge on any atom is 0.303 e. The molecule has 0 aromatic carbocycles. The van der Waals surface area contributed by atoms with Gasteiger partial charge in [-0.2, -0.15) is 0 Å². The lowest BCUT2D eigenvalue weighted by molar-refractivity contribution is -0.137. The molecule has 0 aliphatic rings. The summed E-state index contributed by atoms with van der Waals surface area (Å²) in [7, 11) is 0. The van der Waals surface area contributed by atoms with Gasteiger partial charge in [-0.3, -0.25) is 4.79 Å². The third kappa shape index (κ3) is 21.6. The maximum atomic E-state index is 10.8. The summed E-state index contributed by atoms with van der Waals surface area (Å²) in [4.78, 5) is 10.8. The minimum Gasteiger partial charge on any atom is -0.481 e. The van der Waals surface area contributed by atoms with Gasteiger partial charge in [0.1, 0.15) is 0 Å². The van der Waals surface area contributed by atoms with Crippen LogP contribution in [0.4, 0.5) is 0 Å². The van der Waals surface area contributed by atoms with E-state index in [0.29, 0.717) is 12.3 Å². The van der Waals surface area contributed by atoms with Gasteiger partial charge in [0.2, 0.25) is 0 Å². The molecule has 27 heavy (non-hydrogen) atoms. The Labute approximate surface area is 170 Å². The fourth-order valence-electron chi connectivity index (χ4n) is 3.85. The van der Waals surface area contributed by atoms with Crippen LogP contribution >= 0.6 is 0 Å². The van der Waals surface area contributed by atoms with Gasteiger partial charge in [-0.15, -0.1) is 0 Å². The molecule has 0 fully saturated rings. The summed E-state index contributed by atoms with van der Waals surface area (Å²) < 4.78 is 0. The van der Waals surface area contributed by atoms with Crippen LogP contribution in [-0.4, -0.2) is 11.1 Å². The Morgan fingerprint density at radius 3 is 1.56 bits per heavy atom. The summed E-state index contributed by atoms with van der Waals surface area (Å²) in [5, 5.41) is 8.88. The van der Waals surface area contributed by atoms with Crippen molar-refractivity contribution in [3.63, 3.8) is 0 Å². The average molecular weight is 382 g/mol. The summed E-state index contributed by atoms with van der Waals surface area (Å²) in [6.45, 7) is 4.49. The summed E-state index contributed by atoms with van der Waals surface area (Å²) in [5.74, 6) is -0.135. The van der Waals surface area contributed by atoms with Gasteiger partial charge in [-0.05, 0) is 25.2 Å². The van der Waals surface area contributed by atoms with Gasteiger partial charge in [0, 0.05) is 6.42 Å². The van der Waals surface area contributed by atoms with Crippen molar-refractivity contribution >= 4 is 5.97 Å². The third-order valence-electron chi connectivity index (χ3n) is 5.72. The molecule has 0 bridgehead atoms. The number of carboxylic acid groups (broad SMARTS) is 1. The fraction of sp³-hybridized carbons (Fsp3) is 0.920. The van der Waals surface area contributed by atoms with Crippen LogP contribution in [0.25, 0.3) is 0 Å². The first-order valence-electron chi connectivity index (χ1n) is 12.3. The average Bonchev–Trinajstić information content (AvgIpc) is 2.66. The van der Waals surface area contributed by atoms with Crippen molar-refractivity contribution in [2.24, 2.45) is 5.92 Å². The molecule has 0 aliphatic heterocycles. The predicted octanol–water partition coefficient (Wildman–Crippen LogP) is 8.73. The maximum absolute atomic E-state index is 10.8. The number of unbranched alkanes of at least 4 members (excludes halogenated alkanes) is 15. The van der Waals surface area contributed by atoms with Gasteiger partial charge in [0.05, 0.1) is 0 Å². The molecular formula is C25H49O2. The molecule has 1 radical (unpaired) electrons. The van der Waals surface area contributed by atoms with Crippen LogP contribution in [-0.2, 0) is 4.79 Å². The highest BCUT2D eigenvalue weighted by atomic mass is 16.4. The number of aliphatic carboxylic acids is 1. The van der Waals surface area contributed by atoms with Crippen LogP contribution < -0.4 is 0 Å². The molecule has 1 atom stereocenters. The van der Waals surface area contributed by atoms with Gasteiger partial charge in [-0.25, -0.2) is 0 Å². The molecule has 0 spiro atoms. The fourth-order valence-corrected chi connectivity index (χ4v) is 3.85.